The Morgan fingerprint density at radius 2 is 2.00 bits per heavy atom. The first-order valence-electron chi connectivity index (χ1n) is 7.71. The number of ether oxygens (including phenoxy) is 1. The number of nitrogens with one attached hydrogen (secondary N) is 1. The third-order valence-corrected chi connectivity index (χ3v) is 5.85. The first kappa shape index (κ1) is 16.2. The molecule has 20 heavy (non-hydrogen) atoms. The summed E-state index contributed by atoms with van der Waals surface area (Å²) in [6.07, 6.45) is 7.14. The lowest BCUT2D eigenvalue weighted by Crippen LogP contribution is -2.52. The van der Waals surface area contributed by atoms with Crippen LogP contribution in [0.5, 0.6) is 0 Å². The topological polar surface area (TPSA) is 84.7 Å². The van der Waals surface area contributed by atoms with Crippen molar-refractivity contribution in [2.45, 2.75) is 57.1 Å². The van der Waals surface area contributed by atoms with Gasteiger partial charge in [-0.3, -0.25) is 0 Å². The van der Waals surface area contributed by atoms with Gasteiger partial charge in [0.1, 0.15) is 0 Å². The van der Waals surface area contributed by atoms with E-state index in [-0.39, 0.29) is 12.1 Å². The van der Waals surface area contributed by atoms with Crippen LogP contribution in [-0.4, -0.2) is 51.1 Å². The quantitative estimate of drug-likeness (QED) is 0.752. The predicted octanol–water partition coefficient (Wildman–Crippen LogP) is 0.593. The van der Waals surface area contributed by atoms with Crippen molar-refractivity contribution < 1.29 is 13.2 Å². The molecule has 0 saturated carbocycles. The fraction of sp³-hybridized carbons (Fsp3) is 1.00. The van der Waals surface area contributed by atoms with Gasteiger partial charge in [-0.1, -0.05) is 6.42 Å². The molecule has 2 aliphatic heterocycles. The van der Waals surface area contributed by atoms with Gasteiger partial charge in [0.25, 0.3) is 10.2 Å². The molecule has 2 saturated heterocycles. The molecule has 2 atom stereocenters. The molecule has 0 bridgehead atoms. The van der Waals surface area contributed by atoms with Crippen molar-refractivity contribution >= 4 is 10.2 Å². The Morgan fingerprint density at radius 3 is 2.70 bits per heavy atom. The fourth-order valence-corrected chi connectivity index (χ4v) is 4.49. The molecule has 2 heterocycles. The van der Waals surface area contributed by atoms with Crippen LogP contribution < -0.4 is 10.5 Å². The van der Waals surface area contributed by atoms with Crippen LogP contribution in [0.4, 0.5) is 0 Å². The van der Waals surface area contributed by atoms with Gasteiger partial charge in [-0.15, -0.1) is 0 Å². The largest absolute Gasteiger partial charge is 0.378 e. The smallest absolute Gasteiger partial charge is 0.279 e. The second-order valence-electron chi connectivity index (χ2n) is 5.67. The molecule has 0 aliphatic carbocycles. The van der Waals surface area contributed by atoms with Crippen molar-refractivity contribution in [2.24, 2.45) is 5.73 Å². The number of piperidine rings is 1. The molecule has 7 heteroatoms. The van der Waals surface area contributed by atoms with Gasteiger partial charge in [-0.05, 0) is 38.5 Å². The monoisotopic (exact) mass is 305 g/mol. The summed E-state index contributed by atoms with van der Waals surface area (Å²) in [6, 6.07) is -0.0489. The van der Waals surface area contributed by atoms with Gasteiger partial charge >= 0.3 is 0 Å². The number of nitrogens with zero attached hydrogens (tertiary/aromatic N) is 1. The number of hydrogen-bond acceptors (Lipinski definition) is 4. The number of nitrogens with two attached hydrogens (primary N) is 1. The average molecular weight is 305 g/mol. The van der Waals surface area contributed by atoms with Crippen molar-refractivity contribution in [3.8, 4) is 0 Å². The molecule has 0 spiro atoms. The molecule has 2 unspecified atom stereocenters. The highest BCUT2D eigenvalue weighted by atomic mass is 32.2. The normalized spacial score (nSPS) is 29.4. The zero-order valence-electron chi connectivity index (χ0n) is 12.1. The van der Waals surface area contributed by atoms with Crippen molar-refractivity contribution in [1.29, 1.82) is 0 Å². The van der Waals surface area contributed by atoms with Crippen LogP contribution in [0.15, 0.2) is 0 Å². The van der Waals surface area contributed by atoms with E-state index in [9.17, 15) is 8.42 Å². The van der Waals surface area contributed by atoms with Gasteiger partial charge in [-0.25, -0.2) is 4.72 Å². The number of rotatable bonds is 6. The molecule has 0 aromatic rings. The zero-order valence-corrected chi connectivity index (χ0v) is 12.9. The summed E-state index contributed by atoms with van der Waals surface area (Å²) in [5.41, 5.74) is 5.68. The lowest BCUT2D eigenvalue weighted by atomic mass is 10.1. The first-order chi connectivity index (χ1) is 9.63. The second-order valence-corrected chi connectivity index (χ2v) is 7.38. The zero-order chi connectivity index (χ0) is 14.4. The van der Waals surface area contributed by atoms with Crippen LogP contribution >= 0.6 is 0 Å². The molecular formula is C13H27N3O3S. The van der Waals surface area contributed by atoms with E-state index < -0.39 is 10.2 Å². The lowest BCUT2D eigenvalue weighted by Gasteiger charge is -2.34. The van der Waals surface area contributed by atoms with Crippen LogP contribution in [-0.2, 0) is 14.9 Å². The number of hydrogen-bond donors (Lipinski definition) is 2. The average Bonchev–Trinajstić information content (AvgIpc) is 2.48. The summed E-state index contributed by atoms with van der Waals surface area (Å²) in [5.74, 6) is 0. The van der Waals surface area contributed by atoms with E-state index >= 15 is 0 Å². The Labute approximate surface area is 122 Å². The predicted molar refractivity (Wildman–Crippen MR) is 78.5 cm³/mol. The Kier molecular flexibility index (Phi) is 6.22. The minimum atomic E-state index is -3.40. The lowest BCUT2D eigenvalue weighted by molar-refractivity contribution is 0.0123. The summed E-state index contributed by atoms with van der Waals surface area (Å²) < 4.78 is 34.5. The van der Waals surface area contributed by atoms with Gasteiger partial charge in [0.15, 0.2) is 0 Å². The summed E-state index contributed by atoms with van der Waals surface area (Å²) in [7, 11) is -3.40. The molecule has 0 aromatic carbocycles. The van der Waals surface area contributed by atoms with Crippen LogP contribution in [0.1, 0.15) is 44.9 Å². The Morgan fingerprint density at radius 1 is 1.20 bits per heavy atom. The molecule has 2 fully saturated rings. The van der Waals surface area contributed by atoms with Crippen molar-refractivity contribution in [3.05, 3.63) is 0 Å². The summed E-state index contributed by atoms with van der Waals surface area (Å²) >= 11 is 0. The van der Waals surface area contributed by atoms with E-state index in [1.54, 1.807) is 0 Å². The van der Waals surface area contributed by atoms with Crippen LogP contribution in [0.3, 0.4) is 0 Å². The Hall–Kier alpha value is -0.210. The van der Waals surface area contributed by atoms with E-state index in [0.29, 0.717) is 19.6 Å². The molecule has 2 aliphatic rings. The van der Waals surface area contributed by atoms with E-state index in [0.717, 1.165) is 45.1 Å². The molecule has 3 N–H and O–H groups in total. The highest BCUT2D eigenvalue weighted by molar-refractivity contribution is 7.87. The van der Waals surface area contributed by atoms with Crippen LogP contribution in [0.25, 0.3) is 0 Å². The standard InChI is InChI=1S/C13H27N3O3S/c14-11-12-5-1-3-9-16(12)20(17,18)15-8-7-13-6-2-4-10-19-13/h12-13,15H,1-11,14H2. The van der Waals surface area contributed by atoms with Gasteiger partial charge < -0.3 is 10.5 Å². The molecule has 118 valence electrons. The van der Waals surface area contributed by atoms with Crippen molar-refractivity contribution in [3.63, 3.8) is 0 Å². The first-order valence-corrected chi connectivity index (χ1v) is 9.15. The van der Waals surface area contributed by atoms with Gasteiger partial charge in [-0.2, -0.15) is 12.7 Å². The second kappa shape index (κ2) is 7.70. The third-order valence-electron chi connectivity index (χ3n) is 4.18. The summed E-state index contributed by atoms with van der Waals surface area (Å²) in [6.45, 7) is 2.23. The van der Waals surface area contributed by atoms with Crippen LogP contribution in [0, 0.1) is 0 Å². The Bertz CT molecular complexity index is 382. The SMILES string of the molecule is NCC1CCCCN1S(=O)(=O)NCCC1CCCCO1. The molecule has 0 aromatic heterocycles. The van der Waals surface area contributed by atoms with E-state index in [1.165, 1.54) is 10.7 Å². The minimum Gasteiger partial charge on any atom is -0.378 e. The molecule has 6 nitrogen and oxygen atoms in total. The van der Waals surface area contributed by atoms with Crippen molar-refractivity contribution in [2.75, 3.05) is 26.2 Å². The van der Waals surface area contributed by atoms with E-state index in [2.05, 4.69) is 4.72 Å². The van der Waals surface area contributed by atoms with E-state index in [1.807, 2.05) is 0 Å². The molecule has 2 rings (SSSR count). The third kappa shape index (κ3) is 4.39. The van der Waals surface area contributed by atoms with E-state index in [4.69, 9.17) is 10.5 Å². The summed E-state index contributed by atoms with van der Waals surface area (Å²) in [5, 5.41) is 0. The summed E-state index contributed by atoms with van der Waals surface area (Å²) in [4.78, 5) is 0. The van der Waals surface area contributed by atoms with Gasteiger partial charge in [0.05, 0.1) is 6.10 Å². The maximum atomic E-state index is 12.3. The van der Waals surface area contributed by atoms with Crippen LogP contribution in [0.2, 0.25) is 0 Å². The Balaban J connectivity index is 1.80. The maximum absolute atomic E-state index is 12.3. The molecule has 0 amide bonds. The molecule has 0 radical (unpaired) electrons. The van der Waals surface area contributed by atoms with Gasteiger partial charge in [0.2, 0.25) is 0 Å². The highest BCUT2D eigenvalue weighted by Gasteiger charge is 2.31. The minimum absolute atomic E-state index is 0.0489. The maximum Gasteiger partial charge on any atom is 0.279 e. The fourth-order valence-electron chi connectivity index (χ4n) is 2.99. The van der Waals surface area contributed by atoms with Crippen molar-refractivity contribution in [1.82, 2.24) is 9.03 Å². The highest BCUT2D eigenvalue weighted by Crippen LogP contribution is 2.19. The molecular weight excluding hydrogens is 278 g/mol. The van der Waals surface area contributed by atoms with Gasteiger partial charge in [0, 0.05) is 32.3 Å².